The van der Waals surface area contributed by atoms with E-state index in [-0.39, 0.29) is 16.9 Å². The number of benzene rings is 1. The number of pyridine rings is 1. The van der Waals surface area contributed by atoms with Gasteiger partial charge in [0, 0.05) is 18.0 Å². The van der Waals surface area contributed by atoms with Crippen molar-refractivity contribution in [1.82, 2.24) is 15.6 Å². The van der Waals surface area contributed by atoms with Crippen molar-refractivity contribution >= 4 is 11.8 Å². The number of hydrogen-bond acceptors (Lipinski definition) is 5. The average molecular weight is 381 g/mol. The molecule has 0 radical (unpaired) electrons. The molecule has 3 atom stereocenters. The quantitative estimate of drug-likeness (QED) is 0.607. The number of aromatic hydroxyl groups is 1. The summed E-state index contributed by atoms with van der Waals surface area (Å²) < 4.78 is 41.0. The van der Waals surface area contributed by atoms with Crippen molar-refractivity contribution in [2.45, 2.75) is 17.9 Å². The first-order chi connectivity index (χ1) is 12.6. The van der Waals surface area contributed by atoms with Gasteiger partial charge in [-0.05, 0) is 29.8 Å². The number of phenols is 1. The molecule has 3 rings (SSSR count). The molecule has 27 heavy (non-hydrogen) atoms. The summed E-state index contributed by atoms with van der Waals surface area (Å²) in [5.41, 5.74) is -3.86. The fourth-order valence-electron chi connectivity index (χ4n) is 2.99. The number of nitrogens with one attached hydrogen (secondary N) is 2. The van der Waals surface area contributed by atoms with Gasteiger partial charge in [-0.2, -0.15) is 13.2 Å². The SMILES string of the molecule is O=C1N[C@H](c2ccc(O)cc2)[C@H](C(=O)c2cccnc2)[C@@](O)(C(F)(F)F)N1. The minimum Gasteiger partial charge on any atom is -0.508 e. The molecule has 0 spiro atoms. The lowest BCUT2D eigenvalue weighted by Gasteiger charge is -2.45. The Bertz CT molecular complexity index is 858. The van der Waals surface area contributed by atoms with Crippen LogP contribution in [0.5, 0.6) is 5.75 Å². The van der Waals surface area contributed by atoms with Gasteiger partial charge in [-0.1, -0.05) is 12.1 Å². The van der Waals surface area contributed by atoms with Crippen LogP contribution in [0.1, 0.15) is 22.0 Å². The topological polar surface area (TPSA) is 112 Å². The highest BCUT2D eigenvalue weighted by atomic mass is 19.4. The summed E-state index contributed by atoms with van der Waals surface area (Å²) in [6.45, 7) is 0. The van der Waals surface area contributed by atoms with E-state index in [1.165, 1.54) is 47.9 Å². The molecule has 0 saturated carbocycles. The lowest BCUT2D eigenvalue weighted by Crippen LogP contribution is -2.72. The van der Waals surface area contributed by atoms with Gasteiger partial charge in [0.15, 0.2) is 5.78 Å². The van der Waals surface area contributed by atoms with Crippen molar-refractivity contribution in [3.8, 4) is 5.75 Å². The number of rotatable bonds is 3. The van der Waals surface area contributed by atoms with E-state index in [9.17, 15) is 33.0 Å². The Hall–Kier alpha value is -3.14. The lowest BCUT2D eigenvalue weighted by molar-refractivity contribution is -0.287. The first-order valence-electron chi connectivity index (χ1n) is 7.74. The molecule has 2 amide bonds. The molecule has 1 aromatic carbocycles. The molecule has 1 aromatic heterocycles. The predicted molar refractivity (Wildman–Crippen MR) is 85.6 cm³/mol. The summed E-state index contributed by atoms with van der Waals surface area (Å²) in [5, 5.41) is 23.4. The number of alkyl halides is 3. The third-order valence-electron chi connectivity index (χ3n) is 4.29. The van der Waals surface area contributed by atoms with Crippen molar-refractivity contribution in [3.05, 3.63) is 59.9 Å². The van der Waals surface area contributed by atoms with Gasteiger partial charge in [-0.15, -0.1) is 0 Å². The summed E-state index contributed by atoms with van der Waals surface area (Å²) in [6, 6.07) is 4.74. The van der Waals surface area contributed by atoms with E-state index >= 15 is 0 Å². The number of amides is 2. The number of Topliss-reactive ketones (excluding diaryl/α,β-unsaturated/α-hetero) is 1. The van der Waals surface area contributed by atoms with Gasteiger partial charge in [-0.25, -0.2) is 4.79 Å². The second-order valence-corrected chi connectivity index (χ2v) is 6.02. The number of nitrogens with zero attached hydrogens (tertiary/aromatic N) is 1. The molecule has 1 aliphatic rings. The molecule has 1 fully saturated rings. The van der Waals surface area contributed by atoms with Crippen molar-refractivity contribution in [2.75, 3.05) is 0 Å². The summed E-state index contributed by atoms with van der Waals surface area (Å²) in [7, 11) is 0. The number of urea groups is 1. The lowest BCUT2D eigenvalue weighted by atomic mass is 9.77. The molecule has 1 aliphatic heterocycles. The van der Waals surface area contributed by atoms with E-state index in [2.05, 4.69) is 10.3 Å². The van der Waals surface area contributed by atoms with Gasteiger partial charge in [0.25, 0.3) is 0 Å². The molecule has 1 saturated heterocycles. The molecule has 7 nitrogen and oxygen atoms in total. The standard InChI is InChI=1S/C17H14F3N3O4/c18-17(19,20)16(27)12(14(25)10-2-1-7-21-8-10)13(22-15(26)23-16)9-3-5-11(24)6-4-9/h1-8,12-13,24,27H,(H2,22,23,26)/t12-,13-,16-/m1/s1. The molecule has 0 bridgehead atoms. The number of ketones is 1. The second-order valence-electron chi connectivity index (χ2n) is 6.02. The van der Waals surface area contributed by atoms with Crippen molar-refractivity contribution in [1.29, 1.82) is 0 Å². The molecular formula is C17H14F3N3O4. The molecule has 2 aromatic rings. The monoisotopic (exact) mass is 381 g/mol. The van der Waals surface area contributed by atoms with Crippen LogP contribution < -0.4 is 10.6 Å². The number of hydrogen-bond donors (Lipinski definition) is 4. The molecule has 0 aliphatic carbocycles. The number of phenolic OH excluding ortho intramolecular Hbond substituents is 1. The van der Waals surface area contributed by atoms with Crippen LogP contribution in [-0.2, 0) is 0 Å². The van der Waals surface area contributed by atoms with Gasteiger partial charge in [0.1, 0.15) is 11.7 Å². The van der Waals surface area contributed by atoms with Crippen LogP contribution in [0.2, 0.25) is 0 Å². The summed E-state index contributed by atoms with van der Waals surface area (Å²) in [6.07, 6.45) is -2.92. The highest BCUT2D eigenvalue weighted by Gasteiger charge is 2.66. The van der Waals surface area contributed by atoms with E-state index < -0.39 is 35.7 Å². The highest BCUT2D eigenvalue weighted by Crippen LogP contribution is 2.44. The molecule has 10 heteroatoms. The maximum absolute atomic E-state index is 13.7. The zero-order valence-corrected chi connectivity index (χ0v) is 13.6. The molecule has 2 heterocycles. The van der Waals surface area contributed by atoms with Gasteiger partial charge in [0.2, 0.25) is 5.72 Å². The first kappa shape index (κ1) is 18.6. The number of aliphatic hydroxyl groups is 1. The van der Waals surface area contributed by atoms with Gasteiger partial charge >= 0.3 is 12.2 Å². The Kier molecular flexibility index (Phi) is 4.52. The van der Waals surface area contributed by atoms with E-state index in [0.29, 0.717) is 0 Å². The molecule has 0 unspecified atom stereocenters. The average Bonchev–Trinajstić information content (AvgIpc) is 2.61. The van der Waals surface area contributed by atoms with Crippen LogP contribution in [0.25, 0.3) is 0 Å². The number of halogens is 3. The number of aromatic nitrogens is 1. The smallest absolute Gasteiger partial charge is 0.437 e. The van der Waals surface area contributed by atoms with Gasteiger partial charge in [0.05, 0.1) is 6.04 Å². The van der Waals surface area contributed by atoms with E-state index in [4.69, 9.17) is 0 Å². The predicted octanol–water partition coefficient (Wildman–Crippen LogP) is 1.89. The first-order valence-corrected chi connectivity index (χ1v) is 7.74. The normalized spacial score (nSPS) is 25.4. The number of carbonyl (C=O) groups excluding carboxylic acids is 2. The zero-order chi connectivity index (χ0) is 19.8. The molecule has 142 valence electrons. The highest BCUT2D eigenvalue weighted by molar-refractivity contribution is 6.00. The molecule has 4 N–H and O–H groups in total. The Morgan fingerprint density at radius 1 is 1.19 bits per heavy atom. The third kappa shape index (κ3) is 3.31. The van der Waals surface area contributed by atoms with Crippen LogP contribution in [0.15, 0.2) is 48.8 Å². The fraction of sp³-hybridized carbons (Fsp3) is 0.235. The van der Waals surface area contributed by atoms with E-state index in [1.54, 1.807) is 0 Å². The van der Waals surface area contributed by atoms with Crippen LogP contribution in [0.3, 0.4) is 0 Å². The summed E-state index contributed by atoms with van der Waals surface area (Å²) >= 11 is 0. The van der Waals surface area contributed by atoms with Crippen LogP contribution >= 0.6 is 0 Å². The minimum atomic E-state index is -5.33. The number of carbonyl (C=O) groups is 2. The van der Waals surface area contributed by atoms with Gasteiger partial charge in [-0.3, -0.25) is 9.78 Å². The van der Waals surface area contributed by atoms with Crippen molar-refractivity contribution in [3.63, 3.8) is 0 Å². The van der Waals surface area contributed by atoms with E-state index in [0.717, 1.165) is 6.20 Å². The maximum Gasteiger partial charge on any atom is 0.437 e. The summed E-state index contributed by atoms with van der Waals surface area (Å²) in [4.78, 5) is 28.4. The molecular weight excluding hydrogens is 367 g/mol. The van der Waals surface area contributed by atoms with Crippen LogP contribution in [-0.4, -0.2) is 38.9 Å². The minimum absolute atomic E-state index is 0.104. The van der Waals surface area contributed by atoms with Gasteiger partial charge < -0.3 is 20.8 Å². The van der Waals surface area contributed by atoms with Crippen LogP contribution in [0.4, 0.5) is 18.0 Å². The Morgan fingerprint density at radius 3 is 2.41 bits per heavy atom. The van der Waals surface area contributed by atoms with E-state index in [1.807, 2.05) is 0 Å². The largest absolute Gasteiger partial charge is 0.508 e. The Morgan fingerprint density at radius 2 is 1.85 bits per heavy atom. The maximum atomic E-state index is 13.7. The Balaban J connectivity index is 2.15. The second kappa shape index (κ2) is 6.54. The summed E-state index contributed by atoms with van der Waals surface area (Å²) in [5.74, 6) is -3.35. The third-order valence-corrected chi connectivity index (χ3v) is 4.29. The van der Waals surface area contributed by atoms with Crippen molar-refractivity contribution in [2.24, 2.45) is 5.92 Å². The van der Waals surface area contributed by atoms with Crippen LogP contribution in [0, 0.1) is 5.92 Å². The Labute approximate surface area is 150 Å². The van der Waals surface area contributed by atoms with Crippen molar-refractivity contribution < 1.29 is 33.0 Å². The fourth-order valence-corrected chi connectivity index (χ4v) is 2.99. The zero-order valence-electron chi connectivity index (χ0n) is 13.6.